The van der Waals surface area contributed by atoms with Crippen LogP contribution in [0.25, 0.3) is 0 Å². The zero-order chi connectivity index (χ0) is 17.8. The first kappa shape index (κ1) is 17.2. The van der Waals surface area contributed by atoms with Gasteiger partial charge in [0.2, 0.25) is 5.91 Å². The van der Waals surface area contributed by atoms with Gasteiger partial charge in [0.25, 0.3) is 5.91 Å². The van der Waals surface area contributed by atoms with Gasteiger partial charge in [-0.3, -0.25) is 14.3 Å². The number of benzene rings is 1. The summed E-state index contributed by atoms with van der Waals surface area (Å²) in [5.41, 5.74) is 2.51. The molecule has 2 amide bonds. The van der Waals surface area contributed by atoms with Crippen molar-refractivity contribution < 1.29 is 9.59 Å². The van der Waals surface area contributed by atoms with E-state index in [4.69, 9.17) is 0 Å². The van der Waals surface area contributed by atoms with E-state index in [1.807, 2.05) is 31.2 Å². The first-order valence-electron chi connectivity index (χ1n) is 8.72. The molecule has 1 aliphatic carbocycles. The maximum absolute atomic E-state index is 12.3. The quantitative estimate of drug-likeness (QED) is 0.879. The molecule has 1 heterocycles. The van der Waals surface area contributed by atoms with Crippen molar-refractivity contribution in [3.63, 3.8) is 0 Å². The van der Waals surface area contributed by atoms with Crippen LogP contribution in [0.3, 0.4) is 0 Å². The number of hydrogen-bond acceptors (Lipinski definition) is 3. The fraction of sp³-hybridized carbons (Fsp3) is 0.421. The summed E-state index contributed by atoms with van der Waals surface area (Å²) in [6, 6.07) is 9.55. The number of nitrogens with one attached hydrogen (secondary N) is 2. The van der Waals surface area contributed by atoms with Gasteiger partial charge in [-0.1, -0.05) is 37.1 Å². The number of carbonyl (C=O) groups excluding carboxylic acids is 2. The molecule has 0 bridgehead atoms. The summed E-state index contributed by atoms with van der Waals surface area (Å²) in [6.45, 7) is 2.46. The molecule has 0 radical (unpaired) electrons. The van der Waals surface area contributed by atoms with Crippen molar-refractivity contribution in [3.8, 4) is 0 Å². The number of aromatic nitrogens is 2. The number of hydrogen-bond donors (Lipinski definition) is 2. The Morgan fingerprint density at radius 2 is 1.96 bits per heavy atom. The Bertz CT molecular complexity index is 775. The molecule has 0 unspecified atom stereocenters. The zero-order valence-corrected chi connectivity index (χ0v) is 14.7. The normalized spacial score (nSPS) is 14.5. The van der Waals surface area contributed by atoms with Gasteiger partial charge in [-0.2, -0.15) is 5.10 Å². The van der Waals surface area contributed by atoms with Crippen LogP contribution in [0.1, 0.15) is 47.3 Å². The summed E-state index contributed by atoms with van der Waals surface area (Å²) in [7, 11) is 1.72. The van der Waals surface area contributed by atoms with Crippen molar-refractivity contribution in [2.45, 2.75) is 39.2 Å². The molecule has 132 valence electrons. The van der Waals surface area contributed by atoms with Crippen LogP contribution in [0.2, 0.25) is 0 Å². The molecule has 2 aromatic rings. The van der Waals surface area contributed by atoms with E-state index in [1.54, 1.807) is 13.1 Å². The van der Waals surface area contributed by atoms with Crippen LogP contribution >= 0.6 is 0 Å². The van der Waals surface area contributed by atoms with Gasteiger partial charge in [0.15, 0.2) is 5.69 Å². The highest BCUT2D eigenvalue weighted by Crippen LogP contribution is 2.26. The van der Waals surface area contributed by atoms with E-state index in [9.17, 15) is 9.59 Å². The topological polar surface area (TPSA) is 76.0 Å². The summed E-state index contributed by atoms with van der Waals surface area (Å²) < 4.78 is 1.54. The van der Waals surface area contributed by atoms with E-state index in [0.29, 0.717) is 18.1 Å². The number of rotatable bonds is 5. The summed E-state index contributed by atoms with van der Waals surface area (Å²) in [6.07, 6.45) is 4.09. The lowest BCUT2D eigenvalue weighted by molar-refractivity contribution is -0.119. The molecular formula is C19H24N4O2. The first-order chi connectivity index (χ1) is 12.0. The second-order valence-electron chi connectivity index (χ2n) is 6.62. The molecule has 6 nitrogen and oxygen atoms in total. The van der Waals surface area contributed by atoms with Crippen LogP contribution in [0, 0.1) is 12.8 Å². The minimum Gasteiger partial charge on any atom is -0.347 e. The third-order valence-corrected chi connectivity index (χ3v) is 4.79. The summed E-state index contributed by atoms with van der Waals surface area (Å²) >= 11 is 0. The number of aryl methyl sites for hydroxylation is 2. The molecule has 0 saturated heterocycles. The van der Waals surface area contributed by atoms with Crippen molar-refractivity contribution in [3.05, 3.63) is 47.2 Å². The van der Waals surface area contributed by atoms with Crippen molar-refractivity contribution in [1.82, 2.24) is 15.1 Å². The highest BCUT2D eigenvalue weighted by Gasteiger charge is 2.24. The minimum absolute atomic E-state index is 0.0207. The molecule has 0 aliphatic heterocycles. The summed E-state index contributed by atoms with van der Waals surface area (Å²) in [5, 5.41) is 9.98. The van der Waals surface area contributed by atoms with Gasteiger partial charge < -0.3 is 10.6 Å². The number of carbonyl (C=O) groups is 2. The number of anilines is 1. The highest BCUT2D eigenvalue weighted by molar-refractivity contribution is 5.96. The fourth-order valence-corrected chi connectivity index (χ4v) is 3.19. The Morgan fingerprint density at radius 1 is 1.24 bits per heavy atom. The van der Waals surface area contributed by atoms with Gasteiger partial charge in [0.05, 0.1) is 0 Å². The van der Waals surface area contributed by atoms with Crippen LogP contribution in [-0.2, 0) is 18.4 Å². The zero-order valence-electron chi connectivity index (χ0n) is 14.7. The SMILES string of the molecule is Cc1ccccc1CNC(=O)c1cc(NC(=O)C2CCCC2)n(C)n1. The lowest BCUT2D eigenvalue weighted by atomic mass is 10.1. The predicted octanol–water partition coefficient (Wildman–Crippen LogP) is 2.79. The monoisotopic (exact) mass is 340 g/mol. The molecule has 0 atom stereocenters. The average Bonchev–Trinajstić information content (AvgIpc) is 3.24. The molecule has 1 fully saturated rings. The second-order valence-corrected chi connectivity index (χ2v) is 6.62. The molecule has 0 spiro atoms. The minimum atomic E-state index is -0.250. The molecule has 25 heavy (non-hydrogen) atoms. The maximum atomic E-state index is 12.3. The van der Waals surface area contributed by atoms with Crippen LogP contribution < -0.4 is 10.6 Å². The standard InChI is InChI=1S/C19H24N4O2/c1-13-7-3-4-10-15(13)12-20-19(25)16-11-17(23(2)22-16)21-18(24)14-8-5-6-9-14/h3-4,7,10-11,14H,5-6,8-9,12H2,1-2H3,(H,20,25)(H,21,24). The fourth-order valence-electron chi connectivity index (χ4n) is 3.19. The third kappa shape index (κ3) is 4.07. The van der Waals surface area contributed by atoms with E-state index in [1.165, 1.54) is 4.68 Å². The number of amides is 2. The van der Waals surface area contributed by atoms with Gasteiger partial charge >= 0.3 is 0 Å². The van der Waals surface area contributed by atoms with E-state index >= 15 is 0 Å². The van der Waals surface area contributed by atoms with E-state index in [2.05, 4.69) is 15.7 Å². The van der Waals surface area contributed by atoms with E-state index in [0.717, 1.165) is 36.8 Å². The van der Waals surface area contributed by atoms with Crippen molar-refractivity contribution in [2.24, 2.45) is 13.0 Å². The lowest BCUT2D eigenvalue weighted by Gasteiger charge is -2.09. The van der Waals surface area contributed by atoms with Crippen LogP contribution in [0.5, 0.6) is 0 Å². The van der Waals surface area contributed by atoms with Crippen LogP contribution in [0.4, 0.5) is 5.82 Å². The van der Waals surface area contributed by atoms with Gasteiger partial charge in [-0.05, 0) is 30.9 Å². The second kappa shape index (κ2) is 7.51. The van der Waals surface area contributed by atoms with Crippen molar-refractivity contribution in [2.75, 3.05) is 5.32 Å². The third-order valence-electron chi connectivity index (χ3n) is 4.79. The van der Waals surface area contributed by atoms with Gasteiger partial charge in [-0.25, -0.2) is 0 Å². The molecule has 1 aromatic carbocycles. The molecule has 6 heteroatoms. The van der Waals surface area contributed by atoms with Gasteiger partial charge in [-0.15, -0.1) is 0 Å². The molecule has 1 aliphatic rings. The largest absolute Gasteiger partial charge is 0.347 e. The Labute approximate surface area is 147 Å². The Hall–Kier alpha value is -2.63. The van der Waals surface area contributed by atoms with Gasteiger partial charge in [0.1, 0.15) is 5.82 Å². The summed E-state index contributed by atoms with van der Waals surface area (Å²) in [4.78, 5) is 24.6. The van der Waals surface area contributed by atoms with Crippen molar-refractivity contribution in [1.29, 1.82) is 0 Å². The van der Waals surface area contributed by atoms with E-state index in [-0.39, 0.29) is 17.7 Å². The van der Waals surface area contributed by atoms with E-state index < -0.39 is 0 Å². The lowest BCUT2D eigenvalue weighted by Crippen LogP contribution is -2.23. The Kier molecular flexibility index (Phi) is 5.16. The molecule has 1 saturated carbocycles. The van der Waals surface area contributed by atoms with Crippen LogP contribution in [0.15, 0.2) is 30.3 Å². The maximum Gasteiger partial charge on any atom is 0.272 e. The summed E-state index contributed by atoms with van der Waals surface area (Å²) in [5.74, 6) is 0.402. The number of nitrogens with zero attached hydrogens (tertiary/aromatic N) is 2. The smallest absolute Gasteiger partial charge is 0.272 e. The molecule has 1 aromatic heterocycles. The predicted molar refractivity (Wildman–Crippen MR) is 96.1 cm³/mol. The van der Waals surface area contributed by atoms with Gasteiger partial charge in [0, 0.05) is 25.6 Å². The highest BCUT2D eigenvalue weighted by atomic mass is 16.2. The van der Waals surface area contributed by atoms with Crippen LogP contribution in [-0.4, -0.2) is 21.6 Å². The average molecular weight is 340 g/mol. The molecular weight excluding hydrogens is 316 g/mol. The Balaban J connectivity index is 1.62. The van der Waals surface area contributed by atoms with Crippen molar-refractivity contribution >= 4 is 17.6 Å². The molecule has 3 rings (SSSR count). The Morgan fingerprint density at radius 3 is 2.68 bits per heavy atom. The molecule has 2 N–H and O–H groups in total. The first-order valence-corrected chi connectivity index (χ1v) is 8.72.